The van der Waals surface area contributed by atoms with Gasteiger partial charge in [0, 0.05) is 38.8 Å². The second-order valence-electron chi connectivity index (χ2n) is 34.9. The van der Waals surface area contributed by atoms with Gasteiger partial charge in [-0.3, -0.25) is 0 Å². The molecule has 0 bridgehead atoms. The Hall–Kier alpha value is -6.00. The summed E-state index contributed by atoms with van der Waals surface area (Å²) in [6, 6.07) is 15.2. The summed E-state index contributed by atoms with van der Waals surface area (Å²) in [5, 5.41) is 52.8. The molecule has 16 heteroatoms. The second-order valence-corrected chi connectivity index (χ2v) is 37.1. The average Bonchev–Trinajstić information content (AvgIpc) is 0.591. The van der Waals surface area contributed by atoms with E-state index in [0.29, 0.717) is 66.3 Å². The number of anilines is 2. The zero-order valence-corrected chi connectivity index (χ0v) is 65.2. The Morgan fingerprint density at radius 1 is 0.385 bits per heavy atom. The molecule has 0 aliphatic heterocycles. The minimum atomic E-state index is -0.811. The van der Waals surface area contributed by atoms with Gasteiger partial charge in [0.05, 0.1) is 19.6 Å². The molecule has 14 nitrogen and oxygen atoms in total. The van der Waals surface area contributed by atoms with Gasteiger partial charge in [-0.1, -0.05) is 261 Å². The Balaban J connectivity index is 1.59. The molecule has 0 aliphatic carbocycles. The molecule has 0 amide bonds. The lowest BCUT2D eigenvalue weighted by Gasteiger charge is -2.37. The van der Waals surface area contributed by atoms with E-state index < -0.39 is 49.6 Å². The Morgan fingerprint density at radius 2 is 0.677 bits per heavy atom. The zero-order chi connectivity index (χ0) is 72.2. The van der Waals surface area contributed by atoms with Crippen molar-refractivity contribution in [3.05, 3.63) is 141 Å². The molecule has 2 aromatic heterocycles. The summed E-state index contributed by atoms with van der Waals surface area (Å²) in [5.41, 5.74) is 1.56. The number of phenolic OH excluding ortho intramolecular Hbond substituents is 4. The summed E-state index contributed by atoms with van der Waals surface area (Å²) in [4.78, 5) is 62.0. The summed E-state index contributed by atoms with van der Waals surface area (Å²) in [5.74, 6) is 1.97. The Kier molecular flexibility index (Phi) is 25.2. The standard InChI is InChI=1S/C80H121N7O7S2/c1-26-28-30-32-34-36-38-95-68-82-67(81-53-45-59(78(18,19)20)65(90)60(46-53)79(21,22)23)83-69(84-68)96-62(37-35-33-31-29-27-2)80(24,25)61-44-52(43-58(66(61)91)77(15,16)17)49-87-71(93)85(47-50-39-54(73(3,4)5)63(88)55(40-50)74(6,7)8)70(92)86(72(87)94)48-51-41-56(75(9,10)11)64(89)57(42-51)76(12,13)14/h39-46,62,88-91H,26-38,47-49H2,1-25H3,(H,81,82,83,84). The largest absolute Gasteiger partial charge is 0.507 e. The van der Waals surface area contributed by atoms with Crippen LogP contribution in [-0.2, 0) is 63.0 Å². The van der Waals surface area contributed by atoms with Gasteiger partial charge in [-0.15, -0.1) is 0 Å². The summed E-state index contributed by atoms with van der Waals surface area (Å²) in [6.45, 7) is 51.0. The first kappa shape index (κ1) is 79.0. The minimum absolute atomic E-state index is 0.126. The molecule has 6 aromatic rings. The first-order valence-electron chi connectivity index (χ1n) is 35.4. The van der Waals surface area contributed by atoms with Gasteiger partial charge in [-0.25, -0.2) is 28.1 Å². The van der Waals surface area contributed by atoms with Crippen molar-refractivity contribution < 1.29 is 20.4 Å². The predicted molar refractivity (Wildman–Crippen MR) is 403 cm³/mol. The first-order chi connectivity index (χ1) is 44.1. The molecule has 0 radical (unpaired) electrons. The van der Waals surface area contributed by atoms with Crippen LogP contribution in [0.3, 0.4) is 0 Å². The van der Waals surface area contributed by atoms with Crippen LogP contribution in [0.4, 0.5) is 11.6 Å². The van der Waals surface area contributed by atoms with Gasteiger partial charge in [0.1, 0.15) is 23.0 Å². The molecular formula is C80H121N7O7S2. The number of hydrogen-bond acceptors (Lipinski definition) is 13. The molecule has 0 saturated heterocycles. The topological polar surface area (TPSA) is 198 Å². The van der Waals surface area contributed by atoms with Crippen LogP contribution in [0.25, 0.3) is 0 Å². The van der Waals surface area contributed by atoms with E-state index in [1.165, 1.54) is 25.7 Å². The number of aromatic hydroxyl groups is 4. The highest BCUT2D eigenvalue weighted by atomic mass is 32.2. The fourth-order valence-electron chi connectivity index (χ4n) is 12.7. The number of nitrogens with zero attached hydrogens (tertiary/aromatic N) is 6. The van der Waals surface area contributed by atoms with Crippen molar-refractivity contribution in [3.8, 4) is 23.0 Å². The second kappa shape index (κ2) is 30.6. The highest BCUT2D eigenvalue weighted by molar-refractivity contribution is 8.00. The van der Waals surface area contributed by atoms with Crippen molar-refractivity contribution in [3.63, 3.8) is 0 Å². The highest BCUT2D eigenvalue weighted by Crippen LogP contribution is 2.49. The SMILES string of the molecule is CCCCCCCCSc1nc(Nc2cc(C(C)(C)C)c(O)c(C(C)(C)C)c2)nc(SC(CCCCCCC)C(C)(C)c2cc(Cn3c(=O)n(Cc4cc(C(C)(C)C)c(O)c(C(C)(C)C)c4)c(=O)n(Cc4cc(C(C)(C)C)c(O)c(C(C)(C)C)c4)c3=O)cc(C(C)(C)C)c2O)n1. The van der Waals surface area contributed by atoms with Crippen molar-refractivity contribution in [2.75, 3.05) is 11.1 Å². The van der Waals surface area contributed by atoms with Gasteiger partial charge < -0.3 is 25.7 Å². The third kappa shape index (κ3) is 19.7. The highest BCUT2D eigenvalue weighted by Gasteiger charge is 2.39. The normalized spacial score (nSPS) is 13.4. The van der Waals surface area contributed by atoms with Gasteiger partial charge in [-0.05, 0) is 144 Å². The van der Waals surface area contributed by atoms with Crippen molar-refractivity contribution in [1.29, 1.82) is 0 Å². The van der Waals surface area contributed by atoms with Crippen LogP contribution in [0.5, 0.6) is 23.0 Å². The van der Waals surface area contributed by atoms with Gasteiger partial charge in [0.15, 0.2) is 10.3 Å². The van der Waals surface area contributed by atoms with Gasteiger partial charge >= 0.3 is 17.1 Å². The number of phenols is 4. The molecule has 1 unspecified atom stereocenters. The Labute approximate surface area is 584 Å². The number of unbranched alkanes of at least 4 members (excludes halogenated alkanes) is 9. The Bertz CT molecular complexity index is 3660. The number of aromatic nitrogens is 6. The quantitative estimate of drug-likeness (QED) is 0.0196. The number of benzene rings is 4. The Morgan fingerprint density at radius 3 is 1.02 bits per heavy atom. The minimum Gasteiger partial charge on any atom is -0.507 e. The molecular weight excluding hydrogens is 1240 g/mol. The van der Waals surface area contributed by atoms with Crippen LogP contribution >= 0.6 is 23.5 Å². The number of nitrogens with one attached hydrogen (secondary N) is 1. The summed E-state index contributed by atoms with van der Waals surface area (Å²) < 4.78 is 3.42. The maximum atomic E-state index is 15.6. The summed E-state index contributed by atoms with van der Waals surface area (Å²) in [6.07, 6.45) is 12.9. The number of thioether (sulfide) groups is 2. The number of hydrogen-bond donors (Lipinski definition) is 5. The van der Waals surface area contributed by atoms with Crippen molar-refractivity contribution in [2.45, 2.75) is 329 Å². The maximum absolute atomic E-state index is 15.6. The number of rotatable bonds is 26. The van der Waals surface area contributed by atoms with E-state index in [1.807, 2.05) is 152 Å². The molecule has 530 valence electrons. The molecule has 0 saturated carbocycles. The van der Waals surface area contributed by atoms with Crippen LogP contribution in [0.2, 0.25) is 0 Å². The van der Waals surface area contributed by atoms with E-state index in [2.05, 4.69) is 74.6 Å². The third-order valence-electron chi connectivity index (χ3n) is 18.6. The molecule has 1 atom stereocenters. The van der Waals surface area contributed by atoms with E-state index in [-0.39, 0.29) is 58.7 Å². The molecule has 0 aliphatic rings. The zero-order valence-electron chi connectivity index (χ0n) is 63.5. The summed E-state index contributed by atoms with van der Waals surface area (Å²) in [7, 11) is 0. The lowest BCUT2D eigenvalue weighted by atomic mass is 9.74. The molecule has 5 N–H and O–H groups in total. The third-order valence-corrected chi connectivity index (χ3v) is 21.0. The lowest BCUT2D eigenvalue weighted by Crippen LogP contribution is -2.55. The molecule has 2 heterocycles. The van der Waals surface area contributed by atoms with Gasteiger partial charge in [-0.2, -0.15) is 15.0 Å². The van der Waals surface area contributed by atoms with Crippen LogP contribution in [0, 0.1) is 0 Å². The van der Waals surface area contributed by atoms with E-state index in [0.717, 1.165) is 87.6 Å². The van der Waals surface area contributed by atoms with Crippen molar-refractivity contribution in [1.82, 2.24) is 28.7 Å². The van der Waals surface area contributed by atoms with E-state index in [1.54, 1.807) is 23.5 Å². The average molecular weight is 1360 g/mol. The summed E-state index contributed by atoms with van der Waals surface area (Å²) >= 11 is 3.20. The van der Waals surface area contributed by atoms with Gasteiger partial charge in [0.25, 0.3) is 0 Å². The van der Waals surface area contributed by atoms with Crippen molar-refractivity contribution >= 4 is 35.2 Å². The molecule has 0 fully saturated rings. The molecule has 6 rings (SSSR count). The maximum Gasteiger partial charge on any atom is 0.336 e. The van der Waals surface area contributed by atoms with E-state index in [9.17, 15) is 20.4 Å². The molecule has 4 aromatic carbocycles. The molecule has 96 heavy (non-hydrogen) atoms. The fraction of sp³-hybridized carbons (Fsp3) is 0.625. The fourth-order valence-corrected chi connectivity index (χ4v) is 14.8. The van der Waals surface area contributed by atoms with Crippen LogP contribution in [0.15, 0.2) is 73.2 Å². The molecule has 0 spiro atoms. The van der Waals surface area contributed by atoms with E-state index in [4.69, 9.17) is 15.0 Å². The van der Waals surface area contributed by atoms with Crippen LogP contribution in [0.1, 0.15) is 311 Å². The lowest BCUT2D eigenvalue weighted by molar-refractivity contribution is 0.398. The smallest absolute Gasteiger partial charge is 0.336 e. The van der Waals surface area contributed by atoms with Crippen molar-refractivity contribution in [2.24, 2.45) is 0 Å². The first-order valence-corrected chi connectivity index (χ1v) is 37.2. The van der Waals surface area contributed by atoms with E-state index >= 15 is 14.4 Å². The monoisotopic (exact) mass is 1360 g/mol. The predicted octanol–water partition coefficient (Wildman–Crippen LogP) is 19.4. The van der Waals surface area contributed by atoms with Crippen LogP contribution < -0.4 is 22.4 Å². The van der Waals surface area contributed by atoms with Gasteiger partial charge in [0.2, 0.25) is 5.95 Å². The van der Waals surface area contributed by atoms with Crippen LogP contribution in [-0.4, -0.2) is 60.1 Å².